The molecule has 0 spiro atoms. The van der Waals surface area contributed by atoms with Crippen LogP contribution >= 0.6 is 0 Å². The molecule has 4 rings (SSSR count). The molecule has 1 aliphatic carbocycles. The number of alkyl halides is 3. The largest absolute Gasteiger partial charge is 0.508 e. The number of phenols is 1. The SMILES string of the molecule is Cc1cc2nc(C(F)(F)F)c3c(n2n1)C(CCc1c(C)ccc(O)c1C)C(N)=C3C(N)=O. The van der Waals surface area contributed by atoms with Crippen molar-refractivity contribution in [2.45, 2.75) is 45.7 Å². The van der Waals surface area contributed by atoms with Gasteiger partial charge in [-0.1, -0.05) is 6.07 Å². The second-order valence-electron chi connectivity index (χ2n) is 8.07. The van der Waals surface area contributed by atoms with Gasteiger partial charge in [0.1, 0.15) is 5.75 Å². The number of benzene rings is 1. The van der Waals surface area contributed by atoms with Gasteiger partial charge in [0.05, 0.1) is 17.0 Å². The van der Waals surface area contributed by atoms with Crippen molar-refractivity contribution in [3.63, 3.8) is 0 Å². The number of hydrogen-bond donors (Lipinski definition) is 3. The molecule has 1 aromatic carbocycles. The number of aryl methyl sites for hydroxylation is 2. The van der Waals surface area contributed by atoms with Crippen LogP contribution < -0.4 is 11.5 Å². The third-order valence-corrected chi connectivity index (χ3v) is 6.01. The maximum Gasteiger partial charge on any atom is 0.434 e. The lowest BCUT2D eigenvalue weighted by atomic mass is 9.91. The number of nitrogens with two attached hydrogens (primary N) is 2. The number of allylic oxidation sites excluding steroid dienone is 1. The van der Waals surface area contributed by atoms with Crippen molar-refractivity contribution in [1.29, 1.82) is 0 Å². The van der Waals surface area contributed by atoms with E-state index in [2.05, 4.69) is 10.1 Å². The van der Waals surface area contributed by atoms with Crippen molar-refractivity contribution in [3.05, 3.63) is 63.2 Å². The molecule has 32 heavy (non-hydrogen) atoms. The van der Waals surface area contributed by atoms with Crippen LogP contribution in [0.4, 0.5) is 13.2 Å². The Labute approximate surface area is 181 Å². The van der Waals surface area contributed by atoms with Gasteiger partial charge in [0.25, 0.3) is 5.91 Å². The summed E-state index contributed by atoms with van der Waals surface area (Å²) >= 11 is 0. The van der Waals surface area contributed by atoms with Crippen LogP contribution in [0.1, 0.15) is 51.7 Å². The molecule has 1 amide bonds. The molecule has 3 aromatic rings. The fraction of sp³-hybridized carbons (Fsp3) is 0.318. The highest BCUT2D eigenvalue weighted by molar-refractivity contribution is 6.21. The Hall–Kier alpha value is -3.56. The first-order chi connectivity index (χ1) is 14.9. The van der Waals surface area contributed by atoms with Crippen molar-refractivity contribution in [2.75, 3.05) is 0 Å². The van der Waals surface area contributed by atoms with Gasteiger partial charge in [-0.25, -0.2) is 9.50 Å². The van der Waals surface area contributed by atoms with E-state index in [0.717, 1.165) is 11.1 Å². The van der Waals surface area contributed by atoms with Crippen molar-refractivity contribution in [1.82, 2.24) is 14.6 Å². The van der Waals surface area contributed by atoms with E-state index >= 15 is 0 Å². The standard InChI is InChI=1S/C22H22F3N5O2/c1-9-4-7-14(31)11(3)12(9)5-6-13-18(26)16(21(27)32)17-19(13)30-15(8-10(2)29-30)28-20(17)22(23,24)25/h4,7-8,13,31H,5-6,26H2,1-3H3,(H2,27,32). The number of carbonyl (C=O) groups is 1. The van der Waals surface area contributed by atoms with Gasteiger partial charge in [0, 0.05) is 23.2 Å². The van der Waals surface area contributed by atoms with Crippen LogP contribution in [-0.4, -0.2) is 25.6 Å². The van der Waals surface area contributed by atoms with Crippen LogP contribution in [0.15, 0.2) is 23.9 Å². The zero-order chi connectivity index (χ0) is 23.5. The number of primary amides is 1. The summed E-state index contributed by atoms with van der Waals surface area (Å²) in [6, 6.07) is 4.80. The van der Waals surface area contributed by atoms with E-state index in [9.17, 15) is 23.1 Å². The average molecular weight is 445 g/mol. The Morgan fingerprint density at radius 2 is 1.94 bits per heavy atom. The van der Waals surface area contributed by atoms with E-state index in [-0.39, 0.29) is 34.8 Å². The zero-order valence-electron chi connectivity index (χ0n) is 17.7. The van der Waals surface area contributed by atoms with Gasteiger partial charge < -0.3 is 16.6 Å². The molecule has 2 aromatic heterocycles. The molecule has 0 fully saturated rings. The molecule has 1 unspecified atom stereocenters. The van der Waals surface area contributed by atoms with Crippen LogP contribution in [-0.2, 0) is 17.4 Å². The molecule has 0 saturated carbocycles. The minimum atomic E-state index is -4.82. The van der Waals surface area contributed by atoms with E-state index in [4.69, 9.17) is 11.5 Å². The topological polar surface area (TPSA) is 120 Å². The number of aromatic hydroxyl groups is 1. The first-order valence-corrected chi connectivity index (χ1v) is 9.97. The smallest absolute Gasteiger partial charge is 0.434 e. The Kier molecular flexibility index (Phi) is 4.91. The number of hydrogen-bond acceptors (Lipinski definition) is 5. The van der Waals surface area contributed by atoms with Gasteiger partial charge >= 0.3 is 6.18 Å². The predicted octanol–water partition coefficient (Wildman–Crippen LogP) is 3.26. The average Bonchev–Trinajstić information content (AvgIpc) is 3.20. The van der Waals surface area contributed by atoms with E-state index in [0.29, 0.717) is 17.7 Å². The summed E-state index contributed by atoms with van der Waals surface area (Å²) in [6.07, 6.45) is -4.12. The summed E-state index contributed by atoms with van der Waals surface area (Å²) in [5.41, 5.74) is 12.8. The highest BCUT2D eigenvalue weighted by atomic mass is 19.4. The molecule has 0 saturated heterocycles. The van der Waals surface area contributed by atoms with Crippen molar-refractivity contribution in [2.24, 2.45) is 11.5 Å². The van der Waals surface area contributed by atoms with Crippen molar-refractivity contribution in [3.8, 4) is 5.75 Å². The normalized spacial score (nSPS) is 16.1. The third-order valence-electron chi connectivity index (χ3n) is 6.01. The summed E-state index contributed by atoms with van der Waals surface area (Å²) in [7, 11) is 0. The molecule has 0 aliphatic heterocycles. The molecule has 0 radical (unpaired) electrons. The van der Waals surface area contributed by atoms with Crippen molar-refractivity contribution >= 4 is 17.1 Å². The molecule has 10 heteroatoms. The number of aromatic nitrogens is 3. The number of halogens is 3. The predicted molar refractivity (Wildman–Crippen MR) is 112 cm³/mol. The number of phenolic OH excluding ortho intramolecular Hbond substituents is 1. The number of rotatable bonds is 4. The fourth-order valence-corrected chi connectivity index (χ4v) is 4.49. The lowest BCUT2D eigenvalue weighted by Gasteiger charge is -2.18. The first kappa shape index (κ1) is 21.7. The van der Waals surface area contributed by atoms with Gasteiger partial charge in [-0.2, -0.15) is 18.3 Å². The minimum absolute atomic E-state index is 0.0156. The highest BCUT2D eigenvalue weighted by Crippen LogP contribution is 2.47. The van der Waals surface area contributed by atoms with Crippen LogP contribution in [0.5, 0.6) is 5.75 Å². The molecule has 5 N–H and O–H groups in total. The summed E-state index contributed by atoms with van der Waals surface area (Å²) < 4.78 is 43.1. The Morgan fingerprint density at radius 3 is 2.56 bits per heavy atom. The molecule has 0 bridgehead atoms. The maximum atomic E-state index is 13.9. The summed E-state index contributed by atoms with van der Waals surface area (Å²) in [5.74, 6) is -1.65. The zero-order valence-corrected chi connectivity index (χ0v) is 17.7. The van der Waals surface area contributed by atoms with E-state index in [1.807, 2.05) is 6.92 Å². The van der Waals surface area contributed by atoms with Gasteiger partial charge in [0.2, 0.25) is 0 Å². The van der Waals surface area contributed by atoms with E-state index in [1.54, 1.807) is 26.0 Å². The Balaban J connectivity index is 1.93. The minimum Gasteiger partial charge on any atom is -0.508 e. The molecule has 168 valence electrons. The van der Waals surface area contributed by atoms with Gasteiger partial charge in [-0.3, -0.25) is 4.79 Å². The van der Waals surface area contributed by atoms with Crippen LogP contribution in [0.25, 0.3) is 11.2 Å². The lowest BCUT2D eigenvalue weighted by Crippen LogP contribution is -2.20. The quantitative estimate of drug-likeness (QED) is 0.569. The Bertz CT molecular complexity index is 1310. The molecular weight excluding hydrogens is 423 g/mol. The Morgan fingerprint density at radius 1 is 1.25 bits per heavy atom. The number of amides is 1. The van der Waals surface area contributed by atoms with Gasteiger partial charge in [0.15, 0.2) is 11.3 Å². The summed E-state index contributed by atoms with van der Waals surface area (Å²) in [6.45, 7) is 5.30. The van der Waals surface area contributed by atoms with E-state index < -0.39 is 29.3 Å². The molecule has 1 atom stereocenters. The summed E-state index contributed by atoms with van der Waals surface area (Å²) in [5, 5.41) is 14.4. The maximum absolute atomic E-state index is 13.9. The van der Waals surface area contributed by atoms with Crippen LogP contribution in [0.3, 0.4) is 0 Å². The highest BCUT2D eigenvalue weighted by Gasteiger charge is 2.45. The van der Waals surface area contributed by atoms with Crippen LogP contribution in [0, 0.1) is 20.8 Å². The van der Waals surface area contributed by atoms with Crippen molar-refractivity contribution < 1.29 is 23.1 Å². The lowest BCUT2D eigenvalue weighted by molar-refractivity contribution is -0.141. The van der Waals surface area contributed by atoms with Gasteiger partial charge in [-0.05, 0) is 56.4 Å². The molecular formula is C22H22F3N5O2. The second-order valence-corrected chi connectivity index (χ2v) is 8.07. The monoisotopic (exact) mass is 445 g/mol. The van der Waals surface area contributed by atoms with Crippen LogP contribution in [0.2, 0.25) is 0 Å². The summed E-state index contributed by atoms with van der Waals surface area (Å²) in [4.78, 5) is 15.9. The number of nitrogens with zero attached hydrogens (tertiary/aromatic N) is 3. The second kappa shape index (κ2) is 7.25. The molecule has 2 heterocycles. The molecule has 7 nitrogen and oxygen atoms in total. The number of fused-ring (bicyclic) bond motifs is 3. The number of carbonyl (C=O) groups excluding carboxylic acids is 1. The van der Waals surface area contributed by atoms with Gasteiger partial charge in [-0.15, -0.1) is 0 Å². The first-order valence-electron chi connectivity index (χ1n) is 9.97. The molecule has 1 aliphatic rings. The fourth-order valence-electron chi connectivity index (χ4n) is 4.49. The van der Waals surface area contributed by atoms with E-state index in [1.165, 1.54) is 10.6 Å². The third kappa shape index (κ3) is 3.26.